The van der Waals surface area contributed by atoms with Gasteiger partial charge in [0, 0.05) is 21.2 Å². The Hall–Kier alpha value is -2.98. The fraction of sp³-hybridized carbons (Fsp3) is 0.250. The molecule has 0 aromatic heterocycles. The highest BCUT2D eigenvalue weighted by molar-refractivity contribution is 5.39. The number of rotatable bonds is 8. The molecule has 0 heterocycles. The smallest absolute Gasteiger partial charge is 0.0375 e. The summed E-state index contributed by atoms with van der Waals surface area (Å²) in [5, 5.41) is 10.5. The SMILES string of the molecule is [N-]=[N+]=Nc1ccc(CCNCCc2ccc(N=[N+]=[N-])cc2)cc1. The lowest BCUT2D eigenvalue weighted by Gasteiger charge is -2.06. The molecule has 0 saturated carbocycles. The van der Waals surface area contributed by atoms with Crippen molar-refractivity contribution >= 4 is 11.4 Å². The van der Waals surface area contributed by atoms with E-state index in [4.69, 9.17) is 11.1 Å². The van der Waals surface area contributed by atoms with Crippen molar-refractivity contribution in [2.75, 3.05) is 13.1 Å². The molecule has 23 heavy (non-hydrogen) atoms. The van der Waals surface area contributed by atoms with Gasteiger partial charge in [0.05, 0.1) is 0 Å². The summed E-state index contributed by atoms with van der Waals surface area (Å²) in [6, 6.07) is 15.2. The van der Waals surface area contributed by atoms with Crippen LogP contribution in [0.1, 0.15) is 11.1 Å². The topological polar surface area (TPSA) is 110 Å². The summed E-state index contributed by atoms with van der Waals surface area (Å²) in [7, 11) is 0. The molecule has 2 aromatic rings. The maximum absolute atomic E-state index is 8.35. The standard InChI is InChI=1S/C16H17N7/c17-22-20-15-5-1-13(2-6-15)9-11-19-12-10-14-3-7-16(8-4-14)21-23-18/h1-8,19H,9-12H2. The van der Waals surface area contributed by atoms with Crippen molar-refractivity contribution in [1.29, 1.82) is 0 Å². The van der Waals surface area contributed by atoms with Crippen LogP contribution in [-0.2, 0) is 12.8 Å². The number of hydrogen-bond donors (Lipinski definition) is 1. The van der Waals surface area contributed by atoms with Gasteiger partial charge in [-0.1, -0.05) is 58.8 Å². The Labute approximate surface area is 134 Å². The summed E-state index contributed by atoms with van der Waals surface area (Å²) < 4.78 is 0. The number of benzene rings is 2. The van der Waals surface area contributed by atoms with Crippen LogP contribution in [0.5, 0.6) is 0 Å². The van der Waals surface area contributed by atoms with Crippen LogP contribution in [0.25, 0.3) is 20.9 Å². The van der Waals surface area contributed by atoms with Crippen LogP contribution in [0.3, 0.4) is 0 Å². The predicted molar refractivity (Wildman–Crippen MR) is 90.8 cm³/mol. The van der Waals surface area contributed by atoms with Crippen molar-refractivity contribution in [3.05, 3.63) is 80.5 Å². The minimum Gasteiger partial charge on any atom is -0.316 e. The normalized spacial score (nSPS) is 9.74. The number of azide groups is 2. The Bertz CT molecular complexity index is 646. The molecule has 0 aliphatic rings. The molecule has 0 fully saturated rings. The van der Waals surface area contributed by atoms with Crippen LogP contribution < -0.4 is 5.32 Å². The molecular weight excluding hydrogens is 290 g/mol. The third-order valence-electron chi connectivity index (χ3n) is 3.37. The second-order valence-corrected chi connectivity index (χ2v) is 4.96. The maximum atomic E-state index is 8.35. The quantitative estimate of drug-likeness (QED) is 0.316. The molecule has 0 aliphatic carbocycles. The number of hydrogen-bond acceptors (Lipinski definition) is 3. The van der Waals surface area contributed by atoms with Gasteiger partial charge in [-0.15, -0.1) is 0 Å². The first-order valence-corrected chi connectivity index (χ1v) is 7.30. The van der Waals surface area contributed by atoms with Gasteiger partial charge in [0.1, 0.15) is 0 Å². The van der Waals surface area contributed by atoms with Crippen molar-refractivity contribution in [1.82, 2.24) is 5.32 Å². The largest absolute Gasteiger partial charge is 0.316 e. The van der Waals surface area contributed by atoms with Gasteiger partial charge >= 0.3 is 0 Å². The molecule has 2 aromatic carbocycles. The Morgan fingerprint density at radius 3 is 1.43 bits per heavy atom. The zero-order chi connectivity index (χ0) is 16.3. The highest BCUT2D eigenvalue weighted by Crippen LogP contribution is 2.14. The van der Waals surface area contributed by atoms with E-state index in [1.165, 1.54) is 11.1 Å². The minimum atomic E-state index is 0.633. The molecule has 1 N–H and O–H groups in total. The highest BCUT2D eigenvalue weighted by atomic mass is 15.1. The van der Waals surface area contributed by atoms with E-state index in [9.17, 15) is 0 Å². The fourth-order valence-corrected chi connectivity index (χ4v) is 2.15. The summed E-state index contributed by atoms with van der Waals surface area (Å²) in [4.78, 5) is 5.51. The van der Waals surface area contributed by atoms with E-state index in [2.05, 4.69) is 25.4 Å². The lowest BCUT2D eigenvalue weighted by atomic mass is 10.1. The van der Waals surface area contributed by atoms with E-state index >= 15 is 0 Å². The van der Waals surface area contributed by atoms with E-state index in [0.717, 1.165) is 25.9 Å². The van der Waals surface area contributed by atoms with Gasteiger partial charge in [-0.05, 0) is 48.1 Å². The molecule has 0 radical (unpaired) electrons. The molecule has 0 bridgehead atoms. The zero-order valence-electron chi connectivity index (χ0n) is 12.6. The summed E-state index contributed by atoms with van der Waals surface area (Å²) in [5.41, 5.74) is 20.4. The van der Waals surface area contributed by atoms with Crippen LogP contribution in [0.4, 0.5) is 11.4 Å². The third kappa shape index (κ3) is 5.73. The van der Waals surface area contributed by atoms with Gasteiger partial charge in [0.2, 0.25) is 0 Å². The number of nitrogens with one attached hydrogen (secondary N) is 1. The Kier molecular flexibility index (Phi) is 6.50. The molecule has 0 aliphatic heterocycles. The van der Waals surface area contributed by atoms with E-state index < -0.39 is 0 Å². The van der Waals surface area contributed by atoms with Crippen LogP contribution in [0.15, 0.2) is 58.8 Å². The monoisotopic (exact) mass is 307 g/mol. The van der Waals surface area contributed by atoms with Gasteiger partial charge in [0.25, 0.3) is 0 Å². The minimum absolute atomic E-state index is 0.633. The molecule has 0 atom stereocenters. The average Bonchev–Trinajstić information content (AvgIpc) is 2.58. The first kappa shape index (κ1) is 16.4. The van der Waals surface area contributed by atoms with E-state index in [0.29, 0.717) is 11.4 Å². The van der Waals surface area contributed by atoms with Crippen molar-refractivity contribution in [3.8, 4) is 0 Å². The zero-order valence-corrected chi connectivity index (χ0v) is 12.6. The summed E-state index contributed by atoms with van der Waals surface area (Å²) in [5.74, 6) is 0. The summed E-state index contributed by atoms with van der Waals surface area (Å²) in [6.45, 7) is 1.77. The molecule has 2 rings (SSSR count). The van der Waals surface area contributed by atoms with Crippen LogP contribution in [-0.4, -0.2) is 13.1 Å². The first-order chi connectivity index (χ1) is 11.3. The molecule has 0 unspecified atom stereocenters. The van der Waals surface area contributed by atoms with Gasteiger partial charge in [-0.3, -0.25) is 0 Å². The molecular formula is C16H17N7. The second kappa shape index (κ2) is 9.12. The van der Waals surface area contributed by atoms with Gasteiger partial charge in [-0.25, -0.2) is 0 Å². The van der Waals surface area contributed by atoms with Crippen LogP contribution in [0, 0.1) is 0 Å². The van der Waals surface area contributed by atoms with Crippen LogP contribution >= 0.6 is 0 Å². The Morgan fingerprint density at radius 2 is 1.09 bits per heavy atom. The van der Waals surface area contributed by atoms with E-state index in [1.54, 1.807) is 0 Å². The fourth-order valence-electron chi connectivity index (χ4n) is 2.15. The molecule has 7 heteroatoms. The lowest BCUT2D eigenvalue weighted by molar-refractivity contribution is 0.682. The summed E-state index contributed by atoms with van der Waals surface area (Å²) in [6.07, 6.45) is 1.85. The Balaban J connectivity index is 1.69. The second-order valence-electron chi connectivity index (χ2n) is 4.96. The van der Waals surface area contributed by atoms with Gasteiger partial charge in [0.15, 0.2) is 0 Å². The highest BCUT2D eigenvalue weighted by Gasteiger charge is 1.96. The van der Waals surface area contributed by atoms with Crippen molar-refractivity contribution in [3.63, 3.8) is 0 Å². The summed E-state index contributed by atoms with van der Waals surface area (Å²) >= 11 is 0. The van der Waals surface area contributed by atoms with Gasteiger partial charge < -0.3 is 5.32 Å². The predicted octanol–water partition coefficient (Wildman–Crippen LogP) is 4.95. The maximum Gasteiger partial charge on any atom is 0.0375 e. The third-order valence-corrected chi connectivity index (χ3v) is 3.37. The lowest BCUT2D eigenvalue weighted by Crippen LogP contribution is -2.20. The van der Waals surface area contributed by atoms with E-state index in [-0.39, 0.29) is 0 Å². The van der Waals surface area contributed by atoms with Crippen molar-refractivity contribution in [2.45, 2.75) is 12.8 Å². The molecule has 0 saturated heterocycles. The van der Waals surface area contributed by atoms with Crippen molar-refractivity contribution < 1.29 is 0 Å². The molecule has 116 valence electrons. The first-order valence-electron chi connectivity index (χ1n) is 7.30. The Morgan fingerprint density at radius 1 is 0.696 bits per heavy atom. The number of nitrogens with zero attached hydrogens (tertiary/aromatic N) is 6. The van der Waals surface area contributed by atoms with E-state index in [1.807, 2.05) is 48.5 Å². The van der Waals surface area contributed by atoms with Gasteiger partial charge in [-0.2, -0.15) is 0 Å². The van der Waals surface area contributed by atoms with Crippen molar-refractivity contribution in [2.24, 2.45) is 10.2 Å². The average molecular weight is 307 g/mol. The molecule has 0 amide bonds. The molecule has 7 nitrogen and oxygen atoms in total. The molecule has 0 spiro atoms. The van der Waals surface area contributed by atoms with Crippen LogP contribution in [0.2, 0.25) is 0 Å².